The van der Waals surface area contributed by atoms with Crippen molar-refractivity contribution >= 4 is 57.6 Å². The second-order valence-electron chi connectivity index (χ2n) is 22.5. The number of amides is 3. The molecule has 35 heteroatoms. The van der Waals surface area contributed by atoms with Gasteiger partial charge in [0.05, 0.1) is 34.1 Å². The first-order valence-corrected chi connectivity index (χ1v) is 29.1. The van der Waals surface area contributed by atoms with Crippen molar-refractivity contribution in [2.24, 2.45) is 0 Å². The number of nitrogens with two attached hydrogens (primary N) is 2. The smallest absolute Gasteiger partial charge is 0.411 e. The molecule has 17 nitrogen and oxygen atoms in total. The number of carbonyl (C=O) groups is 4. The van der Waals surface area contributed by atoms with Crippen molar-refractivity contribution in [3.8, 4) is 46.0 Å². The molecule has 0 aromatic heterocycles. The number of ketones is 1. The molecule has 0 bridgehead atoms. The lowest BCUT2D eigenvalue weighted by molar-refractivity contribution is -0.290. The Morgan fingerprint density at radius 3 is 0.894 bits per heavy atom. The van der Waals surface area contributed by atoms with E-state index in [1.165, 1.54) is 55.5 Å². The summed E-state index contributed by atoms with van der Waals surface area (Å²) in [5.41, 5.74) is -16.3. The highest BCUT2D eigenvalue weighted by molar-refractivity contribution is 6.07. The fourth-order valence-corrected chi connectivity index (χ4v) is 11.0. The normalized spacial score (nSPS) is 12.8. The van der Waals surface area contributed by atoms with E-state index in [1.54, 1.807) is 0 Å². The van der Waals surface area contributed by atoms with Crippen LogP contribution in [0.1, 0.15) is 81.7 Å². The highest BCUT2D eigenvalue weighted by Gasteiger charge is 2.75. The average molecular weight is 1480 g/mol. The number of alkyl halides is 18. The lowest BCUT2D eigenvalue weighted by Crippen LogP contribution is -2.54. The number of aromatic hydroxyl groups is 6. The molecule has 0 atom stereocenters. The summed E-state index contributed by atoms with van der Waals surface area (Å²) < 4.78 is 292. The molecule has 104 heavy (non-hydrogen) atoms. The molecule has 0 aliphatic rings. The maximum Gasteiger partial charge on any atom is 0.411 e. The molecule has 0 spiro atoms. The highest BCUT2D eigenvalue weighted by atomic mass is 19.4. The molecule has 0 radical (unpaired) electrons. The summed E-state index contributed by atoms with van der Waals surface area (Å²) >= 11 is 0. The maximum atomic E-state index is 14.9. The molecule has 9 aromatic carbocycles. The number of halogens is 18. The summed E-state index contributed by atoms with van der Waals surface area (Å²) in [6.07, 6.45) is -36.3. The third-order valence-corrected chi connectivity index (χ3v) is 16.2. The Morgan fingerprint density at radius 2 is 0.615 bits per heavy atom. The monoisotopic (exact) mass is 1480 g/mol. The lowest BCUT2D eigenvalue weighted by atomic mass is 9.72. The molecule has 0 aliphatic carbocycles. The van der Waals surface area contributed by atoms with Gasteiger partial charge in [-0.1, -0.05) is 48.5 Å². The van der Waals surface area contributed by atoms with Crippen LogP contribution in [-0.4, -0.2) is 103 Å². The van der Waals surface area contributed by atoms with Crippen molar-refractivity contribution < 1.29 is 134 Å². The number of nitrogens with one attached hydrogen (secondary N) is 4. The van der Waals surface area contributed by atoms with Gasteiger partial charge in [-0.25, -0.2) is 0 Å². The highest BCUT2D eigenvalue weighted by Crippen LogP contribution is 2.61. The molecular formula is C69H50F18N6O11. The van der Waals surface area contributed by atoms with Gasteiger partial charge < -0.3 is 68.1 Å². The van der Waals surface area contributed by atoms with Gasteiger partial charge in [0.25, 0.3) is 22.0 Å². The molecule has 0 fully saturated rings. The molecule has 9 rings (SSSR count). The Labute approximate surface area is 577 Å². The number of ether oxygens (including phenoxy) is 1. The van der Waals surface area contributed by atoms with E-state index in [-0.39, 0.29) is 39.5 Å². The number of nitrogen functional groups attached to an aromatic ring is 2. The zero-order chi connectivity index (χ0) is 79.5. The topological polar surface area (TPSA) is 299 Å². The van der Waals surface area contributed by atoms with Gasteiger partial charge >= 0.3 is 37.1 Å². The van der Waals surface area contributed by atoms with Crippen molar-refractivity contribution in [1.82, 2.24) is 0 Å². The molecule has 0 saturated carbocycles. The fourth-order valence-electron chi connectivity index (χ4n) is 11.0. The Balaban J connectivity index is 0.000000327. The van der Waals surface area contributed by atoms with Crippen LogP contribution in [-0.2, 0) is 16.2 Å². The SMILES string of the molecule is [2H]Oc1ccc(C(c2ccc(O)c(N)c2)(C(F)(F)F)C(F)(F)F)cc1NC(=O)c1ccc(Oc2ccc(C(=O)Nc3cc(C(c4ccc(O)c(NC)c4)(C(F)(F)F)C(F)(F)F)ccc3O[2H])cc2)cc1.[2H]Oc1ccc(C(c2ccc(O)c(N)c2)(C(F)(F)F)C(F)(F)F)cc1NC(=O)c1cccc(C(C)=O)c1. The van der Waals surface area contributed by atoms with Gasteiger partial charge in [-0.15, -0.1) is 0 Å². The number of hydrogen-bond acceptors (Lipinski definition) is 14. The van der Waals surface area contributed by atoms with Gasteiger partial charge in [0.2, 0.25) is 16.2 Å². The van der Waals surface area contributed by atoms with E-state index in [4.69, 9.17) is 20.5 Å². The average Bonchev–Trinajstić information content (AvgIpc) is 0.727. The van der Waals surface area contributed by atoms with Gasteiger partial charge in [0.1, 0.15) is 46.0 Å². The van der Waals surface area contributed by atoms with Crippen LogP contribution in [0.3, 0.4) is 0 Å². The number of benzene rings is 9. The summed E-state index contributed by atoms with van der Waals surface area (Å²) in [6.45, 7) is 1.23. The molecule has 0 heterocycles. The third kappa shape index (κ3) is 14.7. The minimum absolute atomic E-state index is 0.0153. The van der Waals surface area contributed by atoms with Crippen LogP contribution in [0.4, 0.5) is 113 Å². The molecule has 0 saturated heterocycles. The van der Waals surface area contributed by atoms with Gasteiger partial charge in [-0.2, -0.15) is 79.0 Å². The van der Waals surface area contributed by atoms with E-state index in [9.17, 15) is 114 Å². The summed E-state index contributed by atoms with van der Waals surface area (Å²) in [5.74, 6) is -7.56. The van der Waals surface area contributed by atoms with E-state index in [0.717, 1.165) is 31.3 Å². The van der Waals surface area contributed by atoms with Crippen molar-refractivity contribution in [1.29, 1.82) is 4.29 Å². The number of Topliss-reactive ketones (excluding diaryl/α,β-unsaturated/α-hetero) is 1. The lowest BCUT2D eigenvalue weighted by Gasteiger charge is -2.38. The first-order valence-electron chi connectivity index (χ1n) is 30.4. The molecule has 9 aromatic rings. The summed E-state index contributed by atoms with van der Waals surface area (Å²) in [4.78, 5) is 50.9. The Bertz CT molecular complexity index is 4790. The predicted molar refractivity (Wildman–Crippen MR) is 339 cm³/mol. The predicted octanol–water partition coefficient (Wildman–Crippen LogP) is 16.8. The van der Waals surface area contributed by atoms with Crippen LogP contribution in [0.25, 0.3) is 0 Å². The minimum Gasteiger partial charge on any atom is -0.506 e. The number of hydrogen-bond donors (Lipinski definition) is 12. The van der Waals surface area contributed by atoms with Crippen molar-refractivity contribution in [2.75, 3.05) is 39.8 Å². The first-order chi connectivity index (χ1) is 49.8. The maximum absolute atomic E-state index is 14.9. The van der Waals surface area contributed by atoms with E-state index < -0.39 is 173 Å². The Kier molecular flexibility index (Phi) is 19.9. The number of rotatable bonds is 19. The van der Waals surface area contributed by atoms with Crippen molar-refractivity contribution in [3.63, 3.8) is 0 Å². The molecule has 3 amide bonds. The zero-order valence-electron chi connectivity index (χ0n) is 55.4. The van der Waals surface area contributed by atoms with E-state index in [0.29, 0.717) is 109 Å². The molecule has 14 N–H and O–H groups in total. The summed E-state index contributed by atoms with van der Waals surface area (Å²) in [5, 5.41) is 51.0. The van der Waals surface area contributed by atoms with Gasteiger partial charge in [-0.05, 0) is 174 Å². The number of anilines is 6. The third-order valence-electron chi connectivity index (χ3n) is 16.2. The molecular weight excluding hydrogens is 1430 g/mol. The second kappa shape index (κ2) is 28.3. The Morgan fingerprint density at radius 1 is 0.346 bits per heavy atom. The minimum atomic E-state index is -6.09. The fraction of sp³-hybridized carbons (Fsp3) is 0.159. The van der Waals surface area contributed by atoms with E-state index >= 15 is 0 Å². The van der Waals surface area contributed by atoms with Crippen LogP contribution in [0.5, 0.6) is 46.0 Å². The van der Waals surface area contributed by atoms with Gasteiger partial charge in [0.15, 0.2) is 5.78 Å². The van der Waals surface area contributed by atoms with E-state index in [2.05, 4.69) is 36.6 Å². The first kappa shape index (κ1) is 73.0. The molecule has 0 aliphatic heterocycles. The summed E-state index contributed by atoms with van der Waals surface area (Å²) in [6, 6.07) is 22.9. The van der Waals surface area contributed by atoms with Crippen LogP contribution in [0, 0.1) is 0 Å². The zero-order valence-corrected chi connectivity index (χ0v) is 52.4. The molecule has 548 valence electrons. The van der Waals surface area contributed by atoms with Crippen molar-refractivity contribution in [3.05, 3.63) is 238 Å². The van der Waals surface area contributed by atoms with Gasteiger partial charge in [0, 0.05) is 29.3 Å². The number of phenols is 6. The van der Waals surface area contributed by atoms with Crippen LogP contribution in [0.2, 0.25) is 0 Å². The standard InChI is InChI=1S/C45H32F12N4O7.C24H18F6N2O4/c1-59-31-19-25(7-15-35(31)63)41(44(52,53)54,45(55,56)57)27-9-17-37(65)33(21-27)61-39(67)23-4-12-29(13-5-23)68-28-10-2-22(3-11-28)38(66)60-32-20-26(8-16-36(32)64)40(42(46,47)48,43(49,50)51)24-6-14-34(62)30(58)18-24;1-12(33)13-3-2-4-14(9-13)21(36)32-18-11-16(6-8-20(18)35)22(23(25,26)27,24(28,29)30)15-5-7-19(34)17(31)10-15/h2-21,59,62-65H,58H2,1H3,(H,60,66)(H,61,67);2-11,34-35H,31H2,1H3,(H,32,36)/i/hD3. The second-order valence-corrected chi connectivity index (χ2v) is 22.5. The summed E-state index contributed by atoms with van der Waals surface area (Å²) in [7, 11) is 1.16. The van der Waals surface area contributed by atoms with Gasteiger partial charge in [-0.3, -0.25) is 19.2 Å². The number of carbonyl (C=O) groups excluding carboxylic acids is 4. The van der Waals surface area contributed by atoms with Crippen LogP contribution >= 0.6 is 0 Å². The van der Waals surface area contributed by atoms with Crippen LogP contribution < -0.4 is 37.5 Å². The largest absolute Gasteiger partial charge is 0.506 e. The number of phenolic OH excluding ortho intramolecular Hbond substituents is 6. The van der Waals surface area contributed by atoms with Crippen LogP contribution in [0.15, 0.2) is 182 Å². The molecule has 0 unspecified atom stereocenters. The van der Waals surface area contributed by atoms with Crippen molar-refractivity contribution in [2.45, 2.75) is 60.2 Å². The Hall–Kier alpha value is -12.2. The quantitative estimate of drug-likeness (QED) is 0.0155. The van der Waals surface area contributed by atoms with E-state index in [1.807, 2.05) is 0 Å².